The molecular formula is C14H12N4O. The SMILES string of the molecule is NCC#Cc1ccc(NC(=O)c2cncnc2)cc1. The number of rotatable bonds is 2. The summed E-state index contributed by atoms with van der Waals surface area (Å²) in [6.45, 7) is 0.326. The summed E-state index contributed by atoms with van der Waals surface area (Å²) in [5, 5.41) is 2.75. The van der Waals surface area contributed by atoms with Crippen LogP contribution in [0.3, 0.4) is 0 Å². The normalized spacial score (nSPS) is 9.32. The summed E-state index contributed by atoms with van der Waals surface area (Å²) >= 11 is 0. The van der Waals surface area contributed by atoms with Crippen molar-refractivity contribution >= 4 is 11.6 Å². The molecule has 19 heavy (non-hydrogen) atoms. The number of nitrogens with zero attached hydrogens (tertiary/aromatic N) is 2. The summed E-state index contributed by atoms with van der Waals surface area (Å²) in [5.41, 5.74) is 7.25. The monoisotopic (exact) mass is 252 g/mol. The van der Waals surface area contributed by atoms with E-state index in [1.807, 2.05) is 12.1 Å². The van der Waals surface area contributed by atoms with Crippen molar-refractivity contribution in [3.8, 4) is 11.8 Å². The molecule has 1 heterocycles. The van der Waals surface area contributed by atoms with Gasteiger partial charge in [-0.15, -0.1) is 0 Å². The molecule has 0 saturated heterocycles. The van der Waals surface area contributed by atoms with Crippen LogP contribution in [0.25, 0.3) is 0 Å². The number of carbonyl (C=O) groups excluding carboxylic acids is 1. The molecule has 5 heteroatoms. The van der Waals surface area contributed by atoms with Gasteiger partial charge in [0.05, 0.1) is 12.1 Å². The Morgan fingerprint density at radius 2 is 1.89 bits per heavy atom. The summed E-state index contributed by atoms with van der Waals surface area (Å²) in [5.74, 6) is 5.42. The Morgan fingerprint density at radius 3 is 2.53 bits per heavy atom. The van der Waals surface area contributed by atoms with Crippen molar-refractivity contribution < 1.29 is 4.79 Å². The number of carbonyl (C=O) groups is 1. The third kappa shape index (κ3) is 3.63. The highest BCUT2D eigenvalue weighted by molar-refractivity contribution is 6.03. The Labute approximate surface area is 110 Å². The minimum Gasteiger partial charge on any atom is -0.322 e. The Bertz CT molecular complexity index is 611. The summed E-state index contributed by atoms with van der Waals surface area (Å²) in [7, 11) is 0. The van der Waals surface area contributed by atoms with Gasteiger partial charge in [0.25, 0.3) is 5.91 Å². The van der Waals surface area contributed by atoms with E-state index in [1.54, 1.807) is 12.1 Å². The van der Waals surface area contributed by atoms with Crippen LogP contribution in [0.2, 0.25) is 0 Å². The van der Waals surface area contributed by atoms with Crippen LogP contribution in [-0.2, 0) is 0 Å². The number of benzene rings is 1. The maximum absolute atomic E-state index is 11.8. The summed E-state index contributed by atoms with van der Waals surface area (Å²) < 4.78 is 0. The number of hydrogen-bond acceptors (Lipinski definition) is 4. The lowest BCUT2D eigenvalue weighted by Gasteiger charge is -2.04. The lowest BCUT2D eigenvalue weighted by molar-refractivity contribution is 0.102. The second kappa shape index (κ2) is 6.28. The van der Waals surface area contributed by atoms with Crippen LogP contribution in [0.1, 0.15) is 15.9 Å². The van der Waals surface area contributed by atoms with E-state index in [0.717, 1.165) is 5.56 Å². The van der Waals surface area contributed by atoms with Crippen LogP contribution in [0.15, 0.2) is 43.0 Å². The molecular weight excluding hydrogens is 240 g/mol. The average molecular weight is 252 g/mol. The van der Waals surface area contributed by atoms with E-state index in [2.05, 4.69) is 27.1 Å². The second-order valence-electron chi connectivity index (χ2n) is 3.66. The first kappa shape index (κ1) is 12.7. The number of hydrogen-bond donors (Lipinski definition) is 2. The van der Waals surface area contributed by atoms with Crippen LogP contribution >= 0.6 is 0 Å². The van der Waals surface area contributed by atoms with Crippen molar-refractivity contribution in [2.75, 3.05) is 11.9 Å². The van der Waals surface area contributed by atoms with Gasteiger partial charge in [-0.1, -0.05) is 11.8 Å². The molecule has 2 rings (SSSR count). The number of nitrogens with one attached hydrogen (secondary N) is 1. The molecule has 0 aliphatic carbocycles. The fraction of sp³-hybridized carbons (Fsp3) is 0.0714. The molecule has 1 aromatic carbocycles. The van der Waals surface area contributed by atoms with Gasteiger partial charge < -0.3 is 11.1 Å². The molecule has 0 radical (unpaired) electrons. The van der Waals surface area contributed by atoms with Crippen molar-refractivity contribution in [1.82, 2.24) is 9.97 Å². The van der Waals surface area contributed by atoms with E-state index in [1.165, 1.54) is 18.7 Å². The molecule has 0 saturated carbocycles. The van der Waals surface area contributed by atoms with Gasteiger partial charge >= 0.3 is 0 Å². The Balaban J connectivity index is 2.06. The van der Waals surface area contributed by atoms with Crippen molar-refractivity contribution in [2.24, 2.45) is 5.73 Å². The van der Waals surface area contributed by atoms with Gasteiger partial charge in [-0.25, -0.2) is 9.97 Å². The van der Waals surface area contributed by atoms with Crippen LogP contribution in [-0.4, -0.2) is 22.4 Å². The van der Waals surface area contributed by atoms with Crippen LogP contribution in [0.4, 0.5) is 5.69 Å². The van der Waals surface area contributed by atoms with Gasteiger partial charge in [0, 0.05) is 23.6 Å². The molecule has 1 aromatic heterocycles. The highest BCUT2D eigenvalue weighted by Crippen LogP contribution is 2.10. The molecule has 2 aromatic rings. The minimum atomic E-state index is -0.249. The summed E-state index contributed by atoms with van der Waals surface area (Å²) in [6, 6.07) is 7.20. The third-order valence-electron chi connectivity index (χ3n) is 2.30. The second-order valence-corrected chi connectivity index (χ2v) is 3.66. The van der Waals surface area contributed by atoms with Gasteiger partial charge in [0.1, 0.15) is 6.33 Å². The highest BCUT2D eigenvalue weighted by Gasteiger charge is 2.05. The predicted molar refractivity (Wildman–Crippen MR) is 72.4 cm³/mol. The van der Waals surface area contributed by atoms with Crippen LogP contribution < -0.4 is 11.1 Å². The topological polar surface area (TPSA) is 80.9 Å². The fourth-order valence-corrected chi connectivity index (χ4v) is 1.41. The standard InChI is InChI=1S/C14H12N4O/c15-7-1-2-11-3-5-13(6-4-11)18-14(19)12-8-16-10-17-9-12/h3-6,8-10H,7,15H2,(H,18,19). The molecule has 3 N–H and O–H groups in total. The smallest absolute Gasteiger partial charge is 0.258 e. The number of amides is 1. The first-order chi connectivity index (χ1) is 9.29. The van der Waals surface area contributed by atoms with E-state index in [-0.39, 0.29) is 5.91 Å². The quantitative estimate of drug-likeness (QED) is 0.782. The lowest BCUT2D eigenvalue weighted by Crippen LogP contribution is -2.12. The molecule has 94 valence electrons. The van der Waals surface area contributed by atoms with E-state index < -0.39 is 0 Å². The molecule has 0 fully saturated rings. The van der Waals surface area contributed by atoms with Crippen LogP contribution in [0, 0.1) is 11.8 Å². The maximum atomic E-state index is 11.8. The predicted octanol–water partition coefficient (Wildman–Crippen LogP) is 1.04. The van der Waals surface area contributed by atoms with E-state index in [0.29, 0.717) is 17.8 Å². The van der Waals surface area contributed by atoms with Crippen molar-refractivity contribution in [2.45, 2.75) is 0 Å². The molecule has 0 bridgehead atoms. The van der Waals surface area contributed by atoms with Crippen molar-refractivity contribution in [3.05, 3.63) is 54.1 Å². The maximum Gasteiger partial charge on any atom is 0.258 e. The minimum absolute atomic E-state index is 0.249. The van der Waals surface area contributed by atoms with Crippen LogP contribution in [0.5, 0.6) is 0 Å². The van der Waals surface area contributed by atoms with Gasteiger partial charge in [-0.05, 0) is 24.3 Å². The summed E-state index contributed by atoms with van der Waals surface area (Å²) in [4.78, 5) is 19.4. The van der Waals surface area contributed by atoms with Gasteiger partial charge in [0.2, 0.25) is 0 Å². The molecule has 1 amide bonds. The molecule has 5 nitrogen and oxygen atoms in total. The molecule has 0 aliphatic rings. The Hall–Kier alpha value is -2.71. The number of nitrogens with two attached hydrogens (primary N) is 1. The van der Waals surface area contributed by atoms with Crippen molar-refractivity contribution in [3.63, 3.8) is 0 Å². The Morgan fingerprint density at radius 1 is 1.21 bits per heavy atom. The molecule has 0 spiro atoms. The van der Waals surface area contributed by atoms with Gasteiger partial charge in [-0.2, -0.15) is 0 Å². The zero-order valence-electron chi connectivity index (χ0n) is 10.1. The van der Waals surface area contributed by atoms with Gasteiger partial charge in [0.15, 0.2) is 0 Å². The van der Waals surface area contributed by atoms with Crippen molar-refractivity contribution in [1.29, 1.82) is 0 Å². The highest BCUT2D eigenvalue weighted by atomic mass is 16.1. The lowest BCUT2D eigenvalue weighted by atomic mass is 10.2. The molecule has 0 atom stereocenters. The Kier molecular flexibility index (Phi) is 4.21. The molecule has 0 unspecified atom stereocenters. The van der Waals surface area contributed by atoms with E-state index in [9.17, 15) is 4.79 Å². The zero-order chi connectivity index (χ0) is 13.5. The summed E-state index contributed by atoms with van der Waals surface area (Å²) in [6.07, 6.45) is 4.30. The van der Waals surface area contributed by atoms with E-state index in [4.69, 9.17) is 5.73 Å². The number of anilines is 1. The largest absolute Gasteiger partial charge is 0.322 e. The fourth-order valence-electron chi connectivity index (χ4n) is 1.41. The average Bonchev–Trinajstić information content (AvgIpc) is 2.47. The zero-order valence-corrected chi connectivity index (χ0v) is 10.1. The van der Waals surface area contributed by atoms with Gasteiger partial charge in [-0.3, -0.25) is 4.79 Å². The third-order valence-corrected chi connectivity index (χ3v) is 2.30. The van der Waals surface area contributed by atoms with E-state index >= 15 is 0 Å². The first-order valence-corrected chi connectivity index (χ1v) is 5.65. The molecule has 0 aliphatic heterocycles. The first-order valence-electron chi connectivity index (χ1n) is 5.65. The number of aromatic nitrogens is 2.